The fourth-order valence-corrected chi connectivity index (χ4v) is 3.69. The van der Waals surface area contributed by atoms with Crippen molar-refractivity contribution in [2.24, 2.45) is 0 Å². The number of ether oxygens (including phenoxy) is 2. The first-order chi connectivity index (χ1) is 13.4. The summed E-state index contributed by atoms with van der Waals surface area (Å²) in [6, 6.07) is 8.36. The summed E-state index contributed by atoms with van der Waals surface area (Å²) in [5, 5.41) is 0.317. The normalized spacial score (nSPS) is 10.7. The Balaban J connectivity index is 2.13. The number of aryl methyl sites for hydroxylation is 1. The van der Waals surface area contributed by atoms with Gasteiger partial charge in [0.15, 0.2) is 12.0 Å². The van der Waals surface area contributed by atoms with E-state index in [0.29, 0.717) is 32.9 Å². The quantitative estimate of drug-likeness (QED) is 0.257. The van der Waals surface area contributed by atoms with E-state index in [9.17, 15) is 14.4 Å². The van der Waals surface area contributed by atoms with Crippen LogP contribution in [0.3, 0.4) is 0 Å². The predicted octanol–water partition coefficient (Wildman–Crippen LogP) is 5.47. The van der Waals surface area contributed by atoms with Crippen molar-refractivity contribution in [2.45, 2.75) is 13.8 Å². The number of benzene rings is 2. The van der Waals surface area contributed by atoms with Crippen LogP contribution in [0.2, 0.25) is 0 Å². The first-order valence-electron chi connectivity index (χ1n) is 8.23. The van der Waals surface area contributed by atoms with Crippen LogP contribution in [-0.4, -0.2) is 24.8 Å². The lowest BCUT2D eigenvalue weighted by Gasteiger charge is -2.10. The van der Waals surface area contributed by atoms with Crippen LogP contribution in [0.15, 0.2) is 43.7 Å². The Morgan fingerprint density at radius 2 is 1.93 bits per heavy atom. The lowest BCUT2D eigenvalue weighted by atomic mass is 10.1. The van der Waals surface area contributed by atoms with Crippen molar-refractivity contribution in [3.8, 4) is 5.75 Å². The lowest BCUT2D eigenvalue weighted by molar-refractivity contribution is 0.0524. The molecule has 1 aromatic heterocycles. The number of furan rings is 1. The molecule has 0 aliphatic carbocycles. The van der Waals surface area contributed by atoms with Crippen molar-refractivity contribution in [1.82, 2.24) is 0 Å². The fraction of sp³-hybridized carbons (Fsp3) is 0.150. The van der Waals surface area contributed by atoms with E-state index in [2.05, 4.69) is 31.9 Å². The Labute approximate surface area is 177 Å². The van der Waals surface area contributed by atoms with Gasteiger partial charge in [-0.2, -0.15) is 0 Å². The topological polar surface area (TPSA) is 82.8 Å². The molecule has 0 amide bonds. The molecule has 0 spiro atoms. The SMILES string of the molecule is CCOC(=O)c1c(C=O)oc2c(C)cc(OC(=O)c3cccc(Br)c3)c(Br)c12. The number of esters is 2. The van der Waals surface area contributed by atoms with E-state index < -0.39 is 11.9 Å². The molecule has 28 heavy (non-hydrogen) atoms. The summed E-state index contributed by atoms with van der Waals surface area (Å²) in [6.45, 7) is 3.52. The first-order valence-corrected chi connectivity index (χ1v) is 9.81. The van der Waals surface area contributed by atoms with Crippen molar-refractivity contribution in [3.05, 3.63) is 61.7 Å². The molecule has 2 aromatic carbocycles. The van der Waals surface area contributed by atoms with Gasteiger partial charge in [-0.1, -0.05) is 22.0 Å². The standard InChI is InChI=1S/C20H14Br2O6/c1-3-26-20(25)15-14(9-23)27-18-10(2)7-13(17(22)16(15)18)28-19(24)11-5-4-6-12(21)8-11/h4-9H,3H2,1-2H3. The lowest BCUT2D eigenvalue weighted by Crippen LogP contribution is -2.10. The molecule has 0 saturated carbocycles. The summed E-state index contributed by atoms with van der Waals surface area (Å²) < 4.78 is 17.2. The Kier molecular flexibility index (Phi) is 6.00. The Morgan fingerprint density at radius 3 is 2.57 bits per heavy atom. The van der Waals surface area contributed by atoms with Gasteiger partial charge in [-0.15, -0.1) is 0 Å². The highest BCUT2D eigenvalue weighted by Gasteiger charge is 2.27. The van der Waals surface area contributed by atoms with E-state index in [1.165, 1.54) is 0 Å². The summed E-state index contributed by atoms with van der Waals surface area (Å²) in [5.41, 5.74) is 1.26. The first kappa shape index (κ1) is 20.3. The van der Waals surface area contributed by atoms with Crippen molar-refractivity contribution in [1.29, 1.82) is 0 Å². The molecule has 8 heteroatoms. The van der Waals surface area contributed by atoms with Gasteiger partial charge in [0.1, 0.15) is 16.9 Å². The van der Waals surface area contributed by atoms with Crippen LogP contribution in [0, 0.1) is 6.92 Å². The molecule has 144 valence electrons. The number of hydrogen-bond donors (Lipinski definition) is 0. The molecule has 3 rings (SSSR count). The summed E-state index contributed by atoms with van der Waals surface area (Å²) in [7, 11) is 0. The van der Waals surface area contributed by atoms with Crippen molar-refractivity contribution in [2.75, 3.05) is 6.61 Å². The van der Waals surface area contributed by atoms with Crippen LogP contribution in [0.25, 0.3) is 11.0 Å². The number of halogens is 2. The zero-order valence-electron chi connectivity index (χ0n) is 14.9. The number of carbonyl (C=O) groups excluding carboxylic acids is 3. The van der Waals surface area contributed by atoms with E-state index in [0.717, 1.165) is 4.47 Å². The fourth-order valence-electron chi connectivity index (χ4n) is 2.72. The average molecular weight is 510 g/mol. The third kappa shape index (κ3) is 3.74. The molecular formula is C20H14Br2O6. The van der Waals surface area contributed by atoms with Gasteiger partial charge in [0, 0.05) is 4.47 Å². The van der Waals surface area contributed by atoms with Crippen LogP contribution in [0.5, 0.6) is 5.75 Å². The Morgan fingerprint density at radius 1 is 1.18 bits per heavy atom. The van der Waals surface area contributed by atoms with Gasteiger partial charge < -0.3 is 13.9 Å². The summed E-state index contributed by atoms with van der Waals surface area (Å²) >= 11 is 6.69. The average Bonchev–Trinajstić information content (AvgIpc) is 3.06. The molecule has 0 atom stereocenters. The molecule has 0 radical (unpaired) electrons. The Hall–Kier alpha value is -2.45. The third-order valence-electron chi connectivity index (χ3n) is 3.93. The summed E-state index contributed by atoms with van der Waals surface area (Å²) in [5.74, 6) is -1.22. The predicted molar refractivity (Wildman–Crippen MR) is 109 cm³/mol. The van der Waals surface area contributed by atoms with Gasteiger partial charge in [0.25, 0.3) is 0 Å². The van der Waals surface area contributed by atoms with Gasteiger partial charge in [0.05, 0.1) is 22.0 Å². The molecule has 1 heterocycles. The molecule has 0 N–H and O–H groups in total. The molecule has 0 aliphatic rings. The largest absolute Gasteiger partial charge is 0.462 e. The molecule has 0 saturated heterocycles. The van der Waals surface area contributed by atoms with Crippen molar-refractivity contribution >= 4 is 61.1 Å². The molecule has 0 aliphatic heterocycles. The number of hydrogen-bond acceptors (Lipinski definition) is 6. The number of carbonyl (C=O) groups is 3. The molecule has 6 nitrogen and oxygen atoms in total. The van der Waals surface area contributed by atoms with Crippen molar-refractivity contribution < 1.29 is 28.3 Å². The number of fused-ring (bicyclic) bond motifs is 1. The van der Waals surface area contributed by atoms with Crippen LogP contribution in [0.1, 0.15) is 43.8 Å². The van der Waals surface area contributed by atoms with E-state index in [1.807, 2.05) is 0 Å². The minimum Gasteiger partial charge on any atom is -0.462 e. The van der Waals surface area contributed by atoms with E-state index >= 15 is 0 Å². The third-order valence-corrected chi connectivity index (χ3v) is 5.21. The van der Waals surface area contributed by atoms with Gasteiger partial charge in [-0.05, 0) is 59.6 Å². The zero-order chi connectivity index (χ0) is 20.4. The molecule has 0 bridgehead atoms. The maximum absolute atomic E-state index is 12.5. The summed E-state index contributed by atoms with van der Waals surface area (Å²) in [4.78, 5) is 36.3. The Bertz CT molecular complexity index is 1100. The zero-order valence-corrected chi connectivity index (χ0v) is 18.0. The minimum atomic E-state index is -0.695. The van der Waals surface area contributed by atoms with Gasteiger partial charge in [0.2, 0.25) is 0 Å². The van der Waals surface area contributed by atoms with Crippen LogP contribution in [0.4, 0.5) is 0 Å². The van der Waals surface area contributed by atoms with Crippen LogP contribution >= 0.6 is 31.9 Å². The van der Waals surface area contributed by atoms with E-state index in [4.69, 9.17) is 13.9 Å². The maximum Gasteiger partial charge on any atom is 0.343 e. The maximum atomic E-state index is 12.5. The van der Waals surface area contributed by atoms with Crippen LogP contribution < -0.4 is 4.74 Å². The van der Waals surface area contributed by atoms with Crippen LogP contribution in [-0.2, 0) is 4.74 Å². The second kappa shape index (κ2) is 8.28. The van der Waals surface area contributed by atoms with Gasteiger partial charge in [-0.25, -0.2) is 9.59 Å². The van der Waals surface area contributed by atoms with Crippen molar-refractivity contribution in [3.63, 3.8) is 0 Å². The van der Waals surface area contributed by atoms with E-state index in [-0.39, 0.29) is 23.7 Å². The molecule has 0 unspecified atom stereocenters. The minimum absolute atomic E-state index is 0.0119. The highest BCUT2D eigenvalue weighted by atomic mass is 79.9. The number of rotatable bonds is 5. The van der Waals surface area contributed by atoms with Gasteiger partial charge in [-0.3, -0.25) is 4.79 Å². The van der Waals surface area contributed by atoms with Gasteiger partial charge >= 0.3 is 11.9 Å². The second-order valence-corrected chi connectivity index (χ2v) is 7.50. The molecule has 0 fully saturated rings. The molecule has 3 aromatic rings. The monoisotopic (exact) mass is 508 g/mol. The molecular weight excluding hydrogens is 496 g/mol. The summed E-state index contributed by atoms with van der Waals surface area (Å²) in [6.07, 6.45) is 0.450. The second-order valence-electron chi connectivity index (χ2n) is 5.79. The highest BCUT2D eigenvalue weighted by molar-refractivity contribution is 9.11. The van der Waals surface area contributed by atoms with E-state index in [1.54, 1.807) is 44.2 Å². The smallest absolute Gasteiger partial charge is 0.343 e. The number of aldehydes is 1. The highest BCUT2D eigenvalue weighted by Crippen LogP contribution is 2.40.